The van der Waals surface area contributed by atoms with E-state index in [0.29, 0.717) is 31.5 Å². The van der Waals surface area contributed by atoms with Crippen LogP contribution in [0.25, 0.3) is 0 Å². The molecule has 1 aliphatic heterocycles. The number of amides is 2. The topological polar surface area (TPSA) is 52.7 Å². The third kappa shape index (κ3) is 4.97. The molecule has 2 aromatic carbocycles. The van der Waals surface area contributed by atoms with Crippen molar-refractivity contribution in [1.29, 1.82) is 0 Å². The van der Waals surface area contributed by atoms with E-state index in [1.807, 2.05) is 48.2 Å². The van der Waals surface area contributed by atoms with Crippen LogP contribution in [0.2, 0.25) is 0 Å². The van der Waals surface area contributed by atoms with Gasteiger partial charge < -0.3 is 15.1 Å². The predicted octanol–water partition coefficient (Wildman–Crippen LogP) is 4.33. The van der Waals surface area contributed by atoms with E-state index in [9.17, 15) is 9.59 Å². The maximum absolute atomic E-state index is 12.8. The van der Waals surface area contributed by atoms with Gasteiger partial charge in [-0.15, -0.1) is 0 Å². The Kier molecular flexibility index (Phi) is 6.91. The summed E-state index contributed by atoms with van der Waals surface area (Å²) in [5.74, 6) is 0.0412. The van der Waals surface area contributed by atoms with Crippen LogP contribution in [0, 0.1) is 12.8 Å². The molecule has 0 radical (unpaired) electrons. The molecule has 0 aliphatic carbocycles. The van der Waals surface area contributed by atoms with E-state index in [2.05, 4.69) is 36.2 Å². The monoisotopic (exact) mass is 393 g/mol. The molecule has 1 heterocycles. The van der Waals surface area contributed by atoms with Crippen LogP contribution in [0.1, 0.15) is 42.6 Å². The van der Waals surface area contributed by atoms with E-state index >= 15 is 0 Å². The minimum atomic E-state index is -0.0586. The standard InChI is InChI=1S/C24H31N3O2/c1-4-26(5-2)21-11-12-22(18(3)17-21)25-23(28)19-13-15-27(16-14-19)24(29)20-9-7-6-8-10-20/h6-12,17,19H,4-5,13-16H2,1-3H3,(H,25,28). The minimum absolute atomic E-state index is 0.0484. The number of carbonyl (C=O) groups is 2. The van der Waals surface area contributed by atoms with Gasteiger partial charge in [0.25, 0.3) is 5.91 Å². The van der Waals surface area contributed by atoms with E-state index < -0.39 is 0 Å². The van der Waals surface area contributed by atoms with Gasteiger partial charge in [0.2, 0.25) is 5.91 Å². The normalized spacial score (nSPS) is 14.5. The Bertz CT molecular complexity index is 838. The first-order valence-electron chi connectivity index (χ1n) is 10.5. The molecule has 5 nitrogen and oxygen atoms in total. The minimum Gasteiger partial charge on any atom is -0.372 e. The van der Waals surface area contributed by atoms with Crippen molar-refractivity contribution in [3.63, 3.8) is 0 Å². The third-order valence-electron chi connectivity index (χ3n) is 5.77. The molecule has 1 saturated heterocycles. The van der Waals surface area contributed by atoms with Crippen LogP contribution in [-0.4, -0.2) is 42.9 Å². The van der Waals surface area contributed by atoms with Gasteiger partial charge in [-0.1, -0.05) is 18.2 Å². The molecule has 0 saturated carbocycles. The lowest BCUT2D eigenvalue weighted by atomic mass is 9.95. The van der Waals surface area contributed by atoms with Crippen molar-refractivity contribution in [1.82, 2.24) is 4.90 Å². The summed E-state index contributed by atoms with van der Waals surface area (Å²) < 4.78 is 0. The number of aryl methyl sites for hydroxylation is 1. The maximum Gasteiger partial charge on any atom is 0.253 e. The fourth-order valence-corrected chi connectivity index (χ4v) is 3.92. The second-order valence-corrected chi connectivity index (χ2v) is 7.59. The van der Waals surface area contributed by atoms with Gasteiger partial charge in [0.05, 0.1) is 0 Å². The Balaban J connectivity index is 1.57. The second-order valence-electron chi connectivity index (χ2n) is 7.59. The number of carbonyl (C=O) groups excluding carboxylic acids is 2. The van der Waals surface area contributed by atoms with Gasteiger partial charge in [-0.3, -0.25) is 9.59 Å². The van der Waals surface area contributed by atoms with Crippen molar-refractivity contribution >= 4 is 23.2 Å². The van der Waals surface area contributed by atoms with Crippen LogP contribution in [0.15, 0.2) is 48.5 Å². The lowest BCUT2D eigenvalue weighted by molar-refractivity contribution is -0.121. The Labute approximate surface area is 173 Å². The molecule has 3 rings (SSSR count). The summed E-state index contributed by atoms with van der Waals surface area (Å²) in [6.45, 7) is 9.47. The van der Waals surface area contributed by atoms with Crippen molar-refractivity contribution < 1.29 is 9.59 Å². The van der Waals surface area contributed by atoms with Gasteiger partial charge in [0, 0.05) is 49.0 Å². The molecule has 0 aromatic heterocycles. The molecular weight excluding hydrogens is 362 g/mol. The number of piperidine rings is 1. The van der Waals surface area contributed by atoms with Crippen LogP contribution in [0.5, 0.6) is 0 Å². The molecule has 0 atom stereocenters. The number of benzene rings is 2. The number of likely N-dealkylation sites (tertiary alicyclic amines) is 1. The van der Waals surface area contributed by atoms with Gasteiger partial charge in [-0.2, -0.15) is 0 Å². The number of hydrogen-bond acceptors (Lipinski definition) is 3. The van der Waals surface area contributed by atoms with Gasteiger partial charge in [-0.25, -0.2) is 0 Å². The van der Waals surface area contributed by atoms with Gasteiger partial charge >= 0.3 is 0 Å². The lowest BCUT2D eigenvalue weighted by Gasteiger charge is -2.31. The molecule has 154 valence electrons. The highest BCUT2D eigenvalue weighted by atomic mass is 16.2. The Morgan fingerprint density at radius 3 is 2.28 bits per heavy atom. The quantitative estimate of drug-likeness (QED) is 0.795. The highest BCUT2D eigenvalue weighted by molar-refractivity contribution is 5.95. The van der Waals surface area contributed by atoms with E-state index in [1.54, 1.807) is 0 Å². The van der Waals surface area contributed by atoms with Gasteiger partial charge in [-0.05, 0) is 69.5 Å². The molecular formula is C24H31N3O2. The summed E-state index contributed by atoms with van der Waals surface area (Å²) in [6, 6.07) is 15.5. The van der Waals surface area contributed by atoms with Crippen LogP contribution >= 0.6 is 0 Å². The molecule has 0 unspecified atom stereocenters. The molecule has 0 spiro atoms. The maximum atomic E-state index is 12.8. The van der Waals surface area contributed by atoms with Crippen LogP contribution in [-0.2, 0) is 4.79 Å². The number of rotatable bonds is 6. The van der Waals surface area contributed by atoms with Crippen LogP contribution < -0.4 is 10.2 Å². The van der Waals surface area contributed by atoms with Crippen molar-refractivity contribution in [2.45, 2.75) is 33.6 Å². The zero-order chi connectivity index (χ0) is 20.8. The van der Waals surface area contributed by atoms with E-state index in [-0.39, 0.29) is 17.7 Å². The molecule has 2 aromatic rings. The third-order valence-corrected chi connectivity index (χ3v) is 5.77. The fraction of sp³-hybridized carbons (Fsp3) is 0.417. The van der Waals surface area contributed by atoms with Crippen molar-refractivity contribution in [3.8, 4) is 0 Å². The average molecular weight is 394 g/mol. The molecule has 1 N–H and O–H groups in total. The fourth-order valence-electron chi connectivity index (χ4n) is 3.92. The first-order valence-corrected chi connectivity index (χ1v) is 10.5. The second kappa shape index (κ2) is 9.59. The number of anilines is 2. The molecule has 1 aliphatic rings. The van der Waals surface area contributed by atoms with Gasteiger partial charge in [0.15, 0.2) is 0 Å². The average Bonchev–Trinajstić information content (AvgIpc) is 2.76. The number of nitrogens with one attached hydrogen (secondary N) is 1. The summed E-state index contributed by atoms with van der Waals surface area (Å²) in [5.41, 5.74) is 3.82. The first-order chi connectivity index (χ1) is 14.0. The highest BCUT2D eigenvalue weighted by Crippen LogP contribution is 2.25. The van der Waals surface area contributed by atoms with Crippen molar-refractivity contribution in [2.24, 2.45) is 5.92 Å². The summed E-state index contributed by atoms with van der Waals surface area (Å²) in [5, 5.41) is 3.10. The molecule has 0 bridgehead atoms. The van der Waals surface area contributed by atoms with E-state index in [4.69, 9.17) is 0 Å². The number of hydrogen-bond donors (Lipinski definition) is 1. The predicted molar refractivity (Wildman–Crippen MR) is 118 cm³/mol. The highest BCUT2D eigenvalue weighted by Gasteiger charge is 2.28. The summed E-state index contributed by atoms with van der Waals surface area (Å²) in [6.07, 6.45) is 1.39. The molecule has 1 fully saturated rings. The Morgan fingerprint density at radius 2 is 1.69 bits per heavy atom. The SMILES string of the molecule is CCN(CC)c1ccc(NC(=O)C2CCN(C(=O)c3ccccc3)CC2)c(C)c1. The van der Waals surface area contributed by atoms with Gasteiger partial charge in [0.1, 0.15) is 0 Å². The van der Waals surface area contributed by atoms with E-state index in [0.717, 1.165) is 24.3 Å². The van der Waals surface area contributed by atoms with Crippen molar-refractivity contribution in [2.75, 3.05) is 36.4 Å². The summed E-state index contributed by atoms with van der Waals surface area (Å²) >= 11 is 0. The number of nitrogens with zero attached hydrogens (tertiary/aromatic N) is 2. The van der Waals surface area contributed by atoms with E-state index in [1.165, 1.54) is 5.69 Å². The Morgan fingerprint density at radius 1 is 1.03 bits per heavy atom. The molecule has 2 amide bonds. The lowest BCUT2D eigenvalue weighted by Crippen LogP contribution is -2.41. The molecule has 5 heteroatoms. The largest absolute Gasteiger partial charge is 0.372 e. The summed E-state index contributed by atoms with van der Waals surface area (Å²) in [4.78, 5) is 29.5. The zero-order valence-corrected chi connectivity index (χ0v) is 17.6. The molecule has 29 heavy (non-hydrogen) atoms. The van der Waals surface area contributed by atoms with Crippen molar-refractivity contribution in [3.05, 3.63) is 59.7 Å². The van der Waals surface area contributed by atoms with Crippen LogP contribution in [0.3, 0.4) is 0 Å². The smallest absolute Gasteiger partial charge is 0.253 e. The summed E-state index contributed by atoms with van der Waals surface area (Å²) in [7, 11) is 0. The zero-order valence-electron chi connectivity index (χ0n) is 17.6. The van der Waals surface area contributed by atoms with Crippen LogP contribution in [0.4, 0.5) is 11.4 Å². The Hall–Kier alpha value is -2.82. The first kappa shape index (κ1) is 20.9.